The van der Waals surface area contributed by atoms with E-state index in [0.717, 1.165) is 21.2 Å². The number of rotatable bonds is 6. The Morgan fingerprint density at radius 3 is 2.87 bits per heavy atom. The standard InChI is InChI=1S/C23H20ClN3O3S/c1-30-16-3-5-19(28)15(9-16)10-20-18(24)11-21(31-20)23(29)27-12-13-2-4-17-14(8-13)6-7-26-22(17)25/h2-9,11,28H,10,12H2,1H3,(H2,25,26)(H,27,29). The number of carbonyl (C=O) groups excluding carboxylic acids is 1. The Morgan fingerprint density at radius 1 is 1.23 bits per heavy atom. The van der Waals surface area contributed by atoms with Crippen LogP contribution in [-0.2, 0) is 13.0 Å². The van der Waals surface area contributed by atoms with Gasteiger partial charge in [-0.05, 0) is 47.3 Å². The molecule has 1 amide bonds. The molecule has 0 atom stereocenters. The number of pyridine rings is 1. The van der Waals surface area contributed by atoms with Crippen molar-refractivity contribution in [1.82, 2.24) is 10.3 Å². The second-order valence-corrected chi connectivity index (χ2v) is 8.53. The number of benzene rings is 2. The van der Waals surface area contributed by atoms with Crippen molar-refractivity contribution in [3.8, 4) is 11.5 Å². The number of hydrogen-bond donors (Lipinski definition) is 3. The average molecular weight is 454 g/mol. The lowest BCUT2D eigenvalue weighted by molar-refractivity contribution is 0.0955. The number of phenols is 1. The van der Waals surface area contributed by atoms with Gasteiger partial charge in [-0.25, -0.2) is 4.98 Å². The first-order valence-corrected chi connectivity index (χ1v) is 10.7. The Hall–Kier alpha value is -3.29. The number of thiophene rings is 1. The van der Waals surface area contributed by atoms with Gasteiger partial charge in [0, 0.05) is 35.0 Å². The number of aromatic hydroxyl groups is 1. The molecule has 0 spiro atoms. The number of carbonyl (C=O) groups is 1. The summed E-state index contributed by atoms with van der Waals surface area (Å²) in [6.07, 6.45) is 2.06. The van der Waals surface area contributed by atoms with E-state index in [0.29, 0.717) is 40.0 Å². The number of nitrogens with zero attached hydrogens (tertiary/aromatic N) is 1. The summed E-state index contributed by atoms with van der Waals surface area (Å²) in [5, 5.41) is 15.4. The van der Waals surface area contributed by atoms with Crippen LogP contribution in [0.3, 0.4) is 0 Å². The first-order chi connectivity index (χ1) is 14.9. The van der Waals surface area contributed by atoms with Crippen LogP contribution < -0.4 is 15.8 Å². The van der Waals surface area contributed by atoms with Gasteiger partial charge in [0.1, 0.15) is 17.3 Å². The van der Waals surface area contributed by atoms with Gasteiger partial charge < -0.3 is 20.9 Å². The molecule has 4 N–H and O–H groups in total. The van der Waals surface area contributed by atoms with Crippen LogP contribution in [-0.4, -0.2) is 23.1 Å². The summed E-state index contributed by atoms with van der Waals surface area (Å²) in [7, 11) is 1.57. The molecule has 0 saturated carbocycles. The van der Waals surface area contributed by atoms with Crippen molar-refractivity contribution < 1.29 is 14.6 Å². The highest BCUT2D eigenvalue weighted by Gasteiger charge is 2.16. The van der Waals surface area contributed by atoms with Crippen molar-refractivity contribution in [1.29, 1.82) is 0 Å². The lowest BCUT2D eigenvalue weighted by Crippen LogP contribution is -2.21. The molecule has 4 rings (SSSR count). The number of aromatic nitrogens is 1. The largest absolute Gasteiger partial charge is 0.508 e. The Bertz CT molecular complexity index is 1270. The number of nitrogen functional groups attached to an aromatic ring is 1. The number of amides is 1. The monoisotopic (exact) mass is 453 g/mol. The number of ether oxygens (including phenoxy) is 1. The van der Waals surface area contributed by atoms with Crippen LogP contribution in [0.15, 0.2) is 54.7 Å². The Labute approximate surface area is 188 Å². The third-order valence-corrected chi connectivity index (χ3v) is 6.51. The van der Waals surface area contributed by atoms with Gasteiger partial charge >= 0.3 is 0 Å². The summed E-state index contributed by atoms with van der Waals surface area (Å²) in [6.45, 7) is 0.374. The third-order valence-electron chi connectivity index (χ3n) is 4.93. The van der Waals surface area contributed by atoms with E-state index in [2.05, 4.69) is 10.3 Å². The van der Waals surface area contributed by atoms with E-state index in [1.807, 2.05) is 24.3 Å². The second-order valence-electron chi connectivity index (χ2n) is 6.99. The number of phenolic OH excluding ortho intramolecular Hbond substituents is 1. The van der Waals surface area contributed by atoms with Gasteiger partial charge in [0.25, 0.3) is 5.91 Å². The Morgan fingerprint density at radius 2 is 2.06 bits per heavy atom. The zero-order valence-corrected chi connectivity index (χ0v) is 18.3. The minimum absolute atomic E-state index is 0.156. The molecule has 0 saturated heterocycles. The first-order valence-electron chi connectivity index (χ1n) is 9.50. The van der Waals surface area contributed by atoms with Crippen LogP contribution in [0.25, 0.3) is 10.8 Å². The molecule has 158 valence electrons. The maximum atomic E-state index is 12.7. The third kappa shape index (κ3) is 4.57. The minimum atomic E-state index is -0.206. The van der Waals surface area contributed by atoms with Crippen LogP contribution in [0.5, 0.6) is 11.5 Å². The van der Waals surface area contributed by atoms with E-state index in [4.69, 9.17) is 22.1 Å². The SMILES string of the molecule is COc1ccc(O)c(Cc2sc(C(=O)NCc3ccc4c(N)nccc4c3)cc2Cl)c1. The summed E-state index contributed by atoms with van der Waals surface area (Å²) in [6, 6.07) is 14.4. The van der Waals surface area contributed by atoms with Crippen LogP contribution >= 0.6 is 22.9 Å². The van der Waals surface area contributed by atoms with Crippen molar-refractivity contribution in [2.45, 2.75) is 13.0 Å². The number of methoxy groups -OCH3 is 1. The number of nitrogens with two attached hydrogens (primary N) is 1. The summed E-state index contributed by atoms with van der Waals surface area (Å²) in [5.41, 5.74) is 7.52. The fourth-order valence-electron chi connectivity index (χ4n) is 3.27. The zero-order valence-electron chi connectivity index (χ0n) is 16.7. The van der Waals surface area contributed by atoms with Gasteiger partial charge in [-0.3, -0.25) is 4.79 Å². The van der Waals surface area contributed by atoms with Crippen molar-refractivity contribution in [2.24, 2.45) is 0 Å². The molecule has 2 aromatic carbocycles. The van der Waals surface area contributed by atoms with E-state index in [1.54, 1.807) is 37.6 Å². The van der Waals surface area contributed by atoms with Crippen molar-refractivity contribution in [2.75, 3.05) is 12.8 Å². The van der Waals surface area contributed by atoms with E-state index in [-0.39, 0.29) is 11.7 Å². The van der Waals surface area contributed by atoms with Crippen LogP contribution in [0, 0.1) is 0 Å². The molecule has 0 aliphatic carbocycles. The molecule has 0 aliphatic heterocycles. The highest BCUT2D eigenvalue weighted by molar-refractivity contribution is 7.14. The Kier molecular flexibility index (Phi) is 5.97. The summed E-state index contributed by atoms with van der Waals surface area (Å²) in [5.74, 6) is 1.08. The Balaban J connectivity index is 1.46. The molecular weight excluding hydrogens is 434 g/mol. The van der Waals surface area contributed by atoms with Crippen molar-refractivity contribution in [3.05, 3.63) is 80.6 Å². The molecule has 0 bridgehead atoms. The average Bonchev–Trinajstić information content (AvgIpc) is 3.14. The predicted molar refractivity (Wildman–Crippen MR) is 124 cm³/mol. The van der Waals surface area contributed by atoms with Gasteiger partial charge in [-0.2, -0.15) is 0 Å². The lowest BCUT2D eigenvalue weighted by atomic mass is 10.1. The zero-order chi connectivity index (χ0) is 22.0. The molecule has 6 nitrogen and oxygen atoms in total. The molecule has 8 heteroatoms. The van der Waals surface area contributed by atoms with E-state index in [1.165, 1.54) is 11.3 Å². The fourth-order valence-corrected chi connectivity index (χ4v) is 4.62. The van der Waals surface area contributed by atoms with Gasteiger partial charge in [-0.1, -0.05) is 23.7 Å². The summed E-state index contributed by atoms with van der Waals surface area (Å²) in [4.78, 5) is 18.0. The molecular formula is C23H20ClN3O3S. The highest BCUT2D eigenvalue weighted by Crippen LogP contribution is 2.33. The number of halogens is 1. The summed E-state index contributed by atoms with van der Waals surface area (Å²) < 4.78 is 5.21. The van der Waals surface area contributed by atoms with Crippen molar-refractivity contribution >= 4 is 45.4 Å². The lowest BCUT2D eigenvalue weighted by Gasteiger charge is -2.07. The molecule has 0 unspecified atom stereocenters. The smallest absolute Gasteiger partial charge is 0.261 e. The normalized spacial score (nSPS) is 10.9. The van der Waals surface area contributed by atoms with E-state index < -0.39 is 0 Å². The van der Waals surface area contributed by atoms with Crippen LogP contribution in [0.1, 0.15) is 25.7 Å². The fraction of sp³-hybridized carbons (Fsp3) is 0.130. The molecule has 31 heavy (non-hydrogen) atoms. The second kappa shape index (κ2) is 8.83. The van der Waals surface area contributed by atoms with Gasteiger partial charge in [0.2, 0.25) is 0 Å². The van der Waals surface area contributed by atoms with Crippen LogP contribution in [0.4, 0.5) is 5.82 Å². The van der Waals surface area contributed by atoms with Gasteiger partial charge in [0.15, 0.2) is 0 Å². The molecule has 0 fully saturated rings. The van der Waals surface area contributed by atoms with Crippen LogP contribution in [0.2, 0.25) is 5.02 Å². The topological polar surface area (TPSA) is 97.5 Å². The number of hydrogen-bond acceptors (Lipinski definition) is 6. The number of nitrogens with one attached hydrogen (secondary N) is 1. The maximum absolute atomic E-state index is 12.7. The quantitative estimate of drug-likeness (QED) is 0.390. The molecule has 2 heterocycles. The number of fused-ring (bicyclic) bond motifs is 1. The van der Waals surface area contributed by atoms with E-state index >= 15 is 0 Å². The van der Waals surface area contributed by atoms with E-state index in [9.17, 15) is 9.90 Å². The van der Waals surface area contributed by atoms with Gasteiger partial charge in [-0.15, -0.1) is 11.3 Å². The first kappa shape index (κ1) is 21.0. The van der Waals surface area contributed by atoms with Crippen molar-refractivity contribution in [3.63, 3.8) is 0 Å². The molecule has 2 aromatic heterocycles. The molecule has 4 aromatic rings. The minimum Gasteiger partial charge on any atom is -0.508 e. The predicted octanol–water partition coefficient (Wildman–Crippen LogP) is 4.77. The molecule has 0 radical (unpaired) electrons. The van der Waals surface area contributed by atoms with Gasteiger partial charge in [0.05, 0.1) is 17.0 Å². The molecule has 0 aliphatic rings. The maximum Gasteiger partial charge on any atom is 0.261 e. The summed E-state index contributed by atoms with van der Waals surface area (Å²) >= 11 is 7.67. The highest BCUT2D eigenvalue weighted by atomic mass is 35.5. The number of anilines is 1.